The van der Waals surface area contributed by atoms with Gasteiger partial charge in [-0.05, 0) is 40.9 Å². The maximum atomic E-state index is 6.11. The first-order valence-corrected chi connectivity index (χ1v) is 7.66. The van der Waals surface area contributed by atoms with E-state index in [9.17, 15) is 0 Å². The van der Waals surface area contributed by atoms with E-state index < -0.39 is 0 Å². The van der Waals surface area contributed by atoms with Crippen LogP contribution in [0, 0.1) is 0 Å². The number of rotatable bonds is 3. The zero-order valence-corrected chi connectivity index (χ0v) is 12.8. The monoisotopic (exact) mass is 339 g/mol. The summed E-state index contributed by atoms with van der Waals surface area (Å²) in [6, 6.07) is 6.35. The number of nitrogens with one attached hydrogen (secondary N) is 1. The van der Waals surface area contributed by atoms with Gasteiger partial charge in [-0.2, -0.15) is 0 Å². The Morgan fingerprint density at radius 3 is 2.89 bits per heavy atom. The molecule has 0 radical (unpaired) electrons. The number of aromatic nitrogens is 2. The summed E-state index contributed by atoms with van der Waals surface area (Å²) in [4.78, 5) is 4.41. The van der Waals surface area contributed by atoms with E-state index in [2.05, 4.69) is 37.0 Å². The molecule has 0 saturated heterocycles. The van der Waals surface area contributed by atoms with Crippen molar-refractivity contribution < 1.29 is 0 Å². The Hall–Kier alpha value is -1.00. The van der Waals surface area contributed by atoms with Gasteiger partial charge in [0.25, 0.3) is 0 Å². The summed E-state index contributed by atoms with van der Waals surface area (Å²) in [5, 5.41) is 4.06. The first-order valence-electron chi connectivity index (χ1n) is 6.49. The van der Waals surface area contributed by atoms with E-state index in [1.54, 1.807) is 0 Å². The smallest absolute Gasteiger partial charge is 0.207 e. The van der Waals surface area contributed by atoms with E-state index in [1.165, 1.54) is 25.7 Å². The average Bonchev–Trinajstić information content (AvgIpc) is 3.05. The Morgan fingerprint density at radius 2 is 2.11 bits per heavy atom. The molecule has 0 atom stereocenters. The van der Waals surface area contributed by atoms with E-state index in [1.807, 2.05) is 24.4 Å². The predicted molar refractivity (Wildman–Crippen MR) is 82.2 cm³/mol. The highest BCUT2D eigenvalue weighted by molar-refractivity contribution is 9.10. The number of anilines is 2. The Kier molecular flexibility index (Phi) is 3.80. The van der Waals surface area contributed by atoms with Crippen molar-refractivity contribution in [3.8, 4) is 0 Å². The third-order valence-corrected chi connectivity index (χ3v) is 4.98. The van der Waals surface area contributed by atoms with Gasteiger partial charge in [-0.15, -0.1) is 0 Å². The molecule has 1 aromatic carbocycles. The van der Waals surface area contributed by atoms with Crippen molar-refractivity contribution in [1.82, 2.24) is 9.55 Å². The number of hydrogen-bond acceptors (Lipinski definition) is 2. The summed E-state index contributed by atoms with van der Waals surface area (Å²) >= 11 is 9.61. The molecule has 1 saturated carbocycles. The summed E-state index contributed by atoms with van der Waals surface area (Å²) in [6.07, 6.45) is 8.99. The standard InChI is InChI=1S/C14H15BrClN3/c15-13-11(16)6-3-7-12(13)18-14-17-8-9-19(14)10-4-1-2-5-10/h3,6-10H,1-2,4-5H2,(H,17,18). The van der Waals surface area contributed by atoms with Crippen molar-refractivity contribution in [2.45, 2.75) is 31.7 Å². The van der Waals surface area contributed by atoms with Crippen LogP contribution >= 0.6 is 27.5 Å². The van der Waals surface area contributed by atoms with Crippen LogP contribution in [0.15, 0.2) is 35.1 Å². The fourth-order valence-electron chi connectivity index (χ4n) is 2.61. The van der Waals surface area contributed by atoms with Crippen molar-refractivity contribution in [2.24, 2.45) is 0 Å². The van der Waals surface area contributed by atoms with E-state index in [4.69, 9.17) is 11.6 Å². The molecule has 5 heteroatoms. The molecule has 0 bridgehead atoms. The van der Waals surface area contributed by atoms with E-state index >= 15 is 0 Å². The Balaban J connectivity index is 1.87. The van der Waals surface area contributed by atoms with Gasteiger partial charge in [-0.1, -0.05) is 30.5 Å². The molecule has 0 amide bonds. The van der Waals surface area contributed by atoms with Gasteiger partial charge in [0.2, 0.25) is 5.95 Å². The lowest BCUT2D eigenvalue weighted by atomic mass is 10.2. The van der Waals surface area contributed by atoms with Crippen LogP contribution in [0.1, 0.15) is 31.7 Å². The summed E-state index contributed by atoms with van der Waals surface area (Å²) in [5.41, 5.74) is 0.943. The quantitative estimate of drug-likeness (QED) is 0.836. The van der Waals surface area contributed by atoms with Crippen LogP contribution in [0.2, 0.25) is 5.02 Å². The van der Waals surface area contributed by atoms with Crippen LogP contribution in [0.5, 0.6) is 0 Å². The van der Waals surface area contributed by atoms with Crippen LogP contribution in [-0.2, 0) is 0 Å². The summed E-state index contributed by atoms with van der Waals surface area (Å²) < 4.78 is 3.11. The van der Waals surface area contributed by atoms with Crippen LogP contribution in [0.3, 0.4) is 0 Å². The molecular weight excluding hydrogens is 326 g/mol. The molecule has 0 aliphatic heterocycles. The average molecular weight is 341 g/mol. The first-order chi connectivity index (χ1) is 9.25. The minimum absolute atomic E-state index is 0.572. The van der Waals surface area contributed by atoms with E-state index in [0.29, 0.717) is 11.1 Å². The van der Waals surface area contributed by atoms with Gasteiger partial charge in [0.1, 0.15) is 0 Å². The lowest BCUT2D eigenvalue weighted by Crippen LogP contribution is -2.08. The van der Waals surface area contributed by atoms with Gasteiger partial charge >= 0.3 is 0 Å². The van der Waals surface area contributed by atoms with Crippen molar-refractivity contribution in [1.29, 1.82) is 0 Å². The highest BCUT2D eigenvalue weighted by Gasteiger charge is 2.19. The SMILES string of the molecule is Clc1cccc(Nc2nccn2C2CCCC2)c1Br. The summed E-state index contributed by atoms with van der Waals surface area (Å²) in [5.74, 6) is 0.884. The minimum Gasteiger partial charge on any atom is -0.325 e. The van der Waals surface area contributed by atoms with Crippen LogP contribution in [-0.4, -0.2) is 9.55 Å². The topological polar surface area (TPSA) is 29.9 Å². The fraction of sp³-hybridized carbons (Fsp3) is 0.357. The van der Waals surface area contributed by atoms with Gasteiger partial charge in [-0.3, -0.25) is 0 Å². The molecule has 100 valence electrons. The second-order valence-corrected chi connectivity index (χ2v) is 6.02. The molecule has 1 aliphatic carbocycles. The van der Waals surface area contributed by atoms with Crippen molar-refractivity contribution in [3.63, 3.8) is 0 Å². The predicted octanol–water partition coefficient (Wildman–Crippen LogP) is 5.16. The summed E-state index contributed by atoms with van der Waals surface area (Å²) in [7, 11) is 0. The van der Waals surface area contributed by atoms with Gasteiger partial charge < -0.3 is 9.88 Å². The van der Waals surface area contributed by atoms with E-state index in [0.717, 1.165) is 16.1 Å². The zero-order valence-electron chi connectivity index (χ0n) is 10.4. The maximum absolute atomic E-state index is 6.11. The highest BCUT2D eigenvalue weighted by atomic mass is 79.9. The van der Waals surface area contributed by atoms with Gasteiger partial charge in [0.05, 0.1) is 15.2 Å². The van der Waals surface area contributed by atoms with E-state index in [-0.39, 0.29) is 0 Å². The Labute approximate surface area is 126 Å². The largest absolute Gasteiger partial charge is 0.325 e. The third-order valence-electron chi connectivity index (χ3n) is 3.58. The van der Waals surface area contributed by atoms with Crippen molar-refractivity contribution in [3.05, 3.63) is 40.1 Å². The second-order valence-electron chi connectivity index (χ2n) is 4.82. The molecule has 0 unspecified atom stereocenters. The molecule has 1 aliphatic rings. The van der Waals surface area contributed by atoms with Crippen molar-refractivity contribution in [2.75, 3.05) is 5.32 Å². The van der Waals surface area contributed by atoms with Gasteiger partial charge in [-0.25, -0.2) is 4.98 Å². The van der Waals surface area contributed by atoms with Gasteiger partial charge in [0, 0.05) is 18.4 Å². The molecule has 1 aromatic heterocycles. The molecule has 19 heavy (non-hydrogen) atoms. The second kappa shape index (κ2) is 5.55. The molecule has 0 spiro atoms. The number of halogens is 2. The van der Waals surface area contributed by atoms with Gasteiger partial charge in [0.15, 0.2) is 0 Å². The number of imidazole rings is 1. The fourth-order valence-corrected chi connectivity index (χ4v) is 3.15. The number of hydrogen-bond donors (Lipinski definition) is 1. The van der Waals surface area contributed by atoms with Crippen LogP contribution in [0.25, 0.3) is 0 Å². The number of benzene rings is 1. The minimum atomic E-state index is 0.572. The Bertz CT molecular complexity index is 576. The lowest BCUT2D eigenvalue weighted by Gasteiger charge is -2.16. The zero-order chi connectivity index (χ0) is 13.2. The molecule has 1 fully saturated rings. The molecular formula is C14H15BrClN3. The molecule has 2 aromatic rings. The maximum Gasteiger partial charge on any atom is 0.207 e. The summed E-state index contributed by atoms with van der Waals surface area (Å²) in [6.45, 7) is 0. The Morgan fingerprint density at radius 1 is 1.32 bits per heavy atom. The first kappa shape index (κ1) is 13.0. The lowest BCUT2D eigenvalue weighted by molar-refractivity contribution is 0.525. The molecule has 3 nitrogen and oxygen atoms in total. The van der Waals surface area contributed by atoms with Crippen LogP contribution < -0.4 is 5.32 Å². The molecule has 3 rings (SSSR count). The van der Waals surface area contributed by atoms with Crippen LogP contribution in [0.4, 0.5) is 11.6 Å². The van der Waals surface area contributed by atoms with Crippen molar-refractivity contribution >= 4 is 39.2 Å². The normalized spacial score (nSPS) is 15.9. The molecule has 1 N–H and O–H groups in total. The number of nitrogens with zero attached hydrogens (tertiary/aromatic N) is 2. The third kappa shape index (κ3) is 2.65. The molecule has 1 heterocycles. The highest BCUT2D eigenvalue weighted by Crippen LogP contribution is 2.35.